The lowest BCUT2D eigenvalue weighted by Gasteiger charge is -2.42. The van der Waals surface area contributed by atoms with Gasteiger partial charge in [-0.05, 0) is 58.6 Å². The number of carbonyl (C=O) groups excluding carboxylic acids is 1. The van der Waals surface area contributed by atoms with Crippen molar-refractivity contribution in [2.24, 2.45) is 0 Å². The van der Waals surface area contributed by atoms with Crippen LogP contribution in [-0.2, 0) is 0 Å². The van der Waals surface area contributed by atoms with Crippen LogP contribution in [0, 0.1) is 0 Å². The standard InChI is InChI=1S/C23H31BrO3Si/c1-15(2)28(16(3)4,17(5)6)27-21-12-10-18(11-13-21)23(26)22(24)19-8-7-9-20(25)14-19/h7-17,22,25H,1-6H3. The number of hydrogen-bond acceptors (Lipinski definition) is 3. The number of rotatable bonds is 8. The SMILES string of the molecule is CC(C)[Si](Oc1ccc(C(=O)C(Br)c2cccc(O)c2)cc1)(C(C)C)C(C)C. The fraction of sp³-hybridized carbons (Fsp3) is 0.435. The second-order valence-electron chi connectivity index (χ2n) is 8.27. The highest BCUT2D eigenvalue weighted by atomic mass is 79.9. The molecule has 0 spiro atoms. The molecule has 2 aromatic carbocycles. The Labute approximate surface area is 178 Å². The van der Waals surface area contributed by atoms with Crippen LogP contribution in [0.3, 0.4) is 0 Å². The Balaban J connectivity index is 2.24. The van der Waals surface area contributed by atoms with Gasteiger partial charge in [0.2, 0.25) is 0 Å². The smallest absolute Gasteiger partial charge is 0.258 e. The van der Waals surface area contributed by atoms with Crippen LogP contribution >= 0.6 is 15.9 Å². The maximum absolute atomic E-state index is 12.8. The zero-order valence-corrected chi connectivity index (χ0v) is 20.2. The second kappa shape index (κ2) is 9.27. The Hall–Kier alpha value is -1.59. The summed E-state index contributed by atoms with van der Waals surface area (Å²) >= 11 is 3.46. The summed E-state index contributed by atoms with van der Waals surface area (Å²) in [6.45, 7) is 13.6. The monoisotopic (exact) mass is 462 g/mol. The molecule has 5 heteroatoms. The second-order valence-corrected chi connectivity index (χ2v) is 14.6. The van der Waals surface area contributed by atoms with Crippen LogP contribution in [-0.4, -0.2) is 19.2 Å². The van der Waals surface area contributed by atoms with Crippen molar-refractivity contribution in [3.63, 3.8) is 0 Å². The molecule has 0 aliphatic heterocycles. The van der Waals surface area contributed by atoms with Crippen molar-refractivity contribution in [2.45, 2.75) is 63.0 Å². The molecule has 1 unspecified atom stereocenters. The molecular formula is C23H31BrO3Si. The van der Waals surface area contributed by atoms with Crippen LogP contribution in [0.2, 0.25) is 16.6 Å². The van der Waals surface area contributed by atoms with E-state index in [1.54, 1.807) is 18.2 Å². The highest BCUT2D eigenvalue weighted by Crippen LogP contribution is 2.42. The van der Waals surface area contributed by atoms with Gasteiger partial charge in [-0.25, -0.2) is 0 Å². The lowest BCUT2D eigenvalue weighted by atomic mass is 10.0. The van der Waals surface area contributed by atoms with Gasteiger partial charge in [0.25, 0.3) is 8.32 Å². The molecule has 0 amide bonds. The van der Waals surface area contributed by atoms with Crippen molar-refractivity contribution in [2.75, 3.05) is 0 Å². The first-order chi connectivity index (χ1) is 13.1. The summed E-state index contributed by atoms with van der Waals surface area (Å²) in [4.78, 5) is 12.3. The molecule has 0 saturated heterocycles. The fourth-order valence-corrected chi connectivity index (χ4v) is 10.0. The van der Waals surface area contributed by atoms with Crippen LogP contribution in [0.5, 0.6) is 11.5 Å². The first-order valence-corrected chi connectivity index (χ1v) is 12.9. The van der Waals surface area contributed by atoms with E-state index in [0.717, 1.165) is 11.3 Å². The molecule has 0 aliphatic carbocycles. The van der Waals surface area contributed by atoms with Gasteiger partial charge in [-0.3, -0.25) is 4.79 Å². The molecule has 1 N–H and O–H groups in total. The summed E-state index contributed by atoms with van der Waals surface area (Å²) in [7, 11) is -2.02. The van der Waals surface area contributed by atoms with Crippen molar-refractivity contribution in [1.82, 2.24) is 0 Å². The van der Waals surface area contributed by atoms with Crippen LogP contribution in [0.1, 0.15) is 62.3 Å². The average molecular weight is 463 g/mol. The number of alkyl halides is 1. The van der Waals surface area contributed by atoms with Crippen molar-refractivity contribution in [1.29, 1.82) is 0 Å². The predicted octanol–water partition coefficient (Wildman–Crippen LogP) is 7.27. The third-order valence-electron chi connectivity index (χ3n) is 5.53. The number of hydrogen-bond donors (Lipinski definition) is 1. The molecule has 0 saturated carbocycles. The van der Waals surface area contributed by atoms with Gasteiger partial charge in [-0.2, -0.15) is 0 Å². The van der Waals surface area contributed by atoms with Gasteiger partial charge in [0.05, 0.1) is 0 Å². The van der Waals surface area contributed by atoms with E-state index in [2.05, 4.69) is 57.5 Å². The molecule has 0 fully saturated rings. The summed E-state index contributed by atoms with van der Waals surface area (Å²) in [5, 5.41) is 9.65. The van der Waals surface area contributed by atoms with E-state index in [4.69, 9.17) is 4.43 Å². The van der Waals surface area contributed by atoms with Crippen molar-refractivity contribution < 1.29 is 14.3 Å². The van der Waals surface area contributed by atoms with Crippen LogP contribution in [0.4, 0.5) is 0 Å². The van der Waals surface area contributed by atoms with Gasteiger partial charge in [0, 0.05) is 5.56 Å². The highest BCUT2D eigenvalue weighted by Gasteiger charge is 2.46. The number of phenolic OH excluding ortho intramolecular Hbond substituents is 1. The van der Waals surface area contributed by atoms with Crippen LogP contribution in [0.15, 0.2) is 48.5 Å². The van der Waals surface area contributed by atoms with E-state index >= 15 is 0 Å². The van der Waals surface area contributed by atoms with E-state index < -0.39 is 13.1 Å². The van der Waals surface area contributed by atoms with Crippen molar-refractivity contribution in [3.05, 3.63) is 59.7 Å². The molecule has 3 nitrogen and oxygen atoms in total. The summed E-state index contributed by atoms with van der Waals surface area (Å²) < 4.78 is 6.66. The first kappa shape index (κ1) is 22.7. The molecule has 0 aliphatic rings. The number of ketones is 1. The summed E-state index contributed by atoms with van der Waals surface area (Å²) in [6.07, 6.45) is 0. The molecule has 0 bridgehead atoms. The van der Waals surface area contributed by atoms with E-state index in [1.165, 1.54) is 0 Å². The molecule has 2 aromatic rings. The molecule has 1 atom stereocenters. The molecule has 28 heavy (non-hydrogen) atoms. The molecule has 0 aromatic heterocycles. The zero-order chi connectivity index (χ0) is 21.1. The highest BCUT2D eigenvalue weighted by molar-refractivity contribution is 9.09. The summed E-state index contributed by atoms with van der Waals surface area (Å²) in [5.74, 6) is 0.941. The minimum absolute atomic E-state index is 0.0442. The Bertz CT molecular complexity index is 778. The number of aromatic hydroxyl groups is 1. The minimum Gasteiger partial charge on any atom is -0.543 e. The Kier molecular flexibility index (Phi) is 7.51. The van der Waals surface area contributed by atoms with Gasteiger partial charge in [-0.1, -0.05) is 69.6 Å². The lowest BCUT2D eigenvalue weighted by Crippen LogP contribution is -2.50. The normalized spacial score (nSPS) is 13.2. The van der Waals surface area contributed by atoms with Crippen molar-refractivity contribution >= 4 is 30.0 Å². The Morgan fingerprint density at radius 2 is 1.46 bits per heavy atom. The van der Waals surface area contributed by atoms with Crippen LogP contribution < -0.4 is 4.43 Å². The number of carbonyl (C=O) groups is 1. The molecule has 0 heterocycles. The van der Waals surface area contributed by atoms with Gasteiger partial charge >= 0.3 is 0 Å². The molecular weight excluding hydrogens is 432 g/mol. The number of halogens is 1. The maximum atomic E-state index is 12.8. The van der Waals surface area contributed by atoms with E-state index in [9.17, 15) is 9.90 Å². The minimum atomic E-state index is -2.02. The van der Waals surface area contributed by atoms with Gasteiger partial charge in [0.15, 0.2) is 5.78 Å². The molecule has 2 rings (SSSR count). The fourth-order valence-electron chi connectivity index (χ4n) is 4.23. The largest absolute Gasteiger partial charge is 0.543 e. The Morgan fingerprint density at radius 1 is 0.929 bits per heavy atom. The Morgan fingerprint density at radius 3 is 1.93 bits per heavy atom. The maximum Gasteiger partial charge on any atom is 0.258 e. The summed E-state index contributed by atoms with van der Waals surface area (Å²) in [5.41, 5.74) is 2.82. The molecule has 0 radical (unpaired) electrons. The third kappa shape index (κ3) is 4.69. The average Bonchev–Trinajstić information content (AvgIpc) is 2.64. The third-order valence-corrected chi connectivity index (χ3v) is 12.5. The van der Waals surface area contributed by atoms with E-state index in [-0.39, 0.29) is 11.5 Å². The van der Waals surface area contributed by atoms with Crippen molar-refractivity contribution in [3.8, 4) is 11.5 Å². The van der Waals surface area contributed by atoms with E-state index in [0.29, 0.717) is 22.2 Å². The van der Waals surface area contributed by atoms with E-state index in [1.807, 2.05) is 30.3 Å². The van der Waals surface area contributed by atoms with Gasteiger partial charge < -0.3 is 9.53 Å². The summed E-state index contributed by atoms with van der Waals surface area (Å²) in [6, 6.07) is 14.2. The first-order valence-electron chi connectivity index (χ1n) is 9.85. The zero-order valence-electron chi connectivity index (χ0n) is 17.6. The number of Topliss-reactive ketones (excluding diaryl/α,β-unsaturated/α-hetero) is 1. The molecule has 152 valence electrons. The van der Waals surface area contributed by atoms with Gasteiger partial charge in [0.1, 0.15) is 16.3 Å². The van der Waals surface area contributed by atoms with Gasteiger partial charge in [-0.15, -0.1) is 0 Å². The quantitative estimate of drug-likeness (QED) is 0.254. The topological polar surface area (TPSA) is 46.5 Å². The number of phenols is 1. The van der Waals surface area contributed by atoms with Crippen LogP contribution in [0.25, 0.3) is 0 Å². The lowest BCUT2D eigenvalue weighted by molar-refractivity contribution is 0.0991. The number of benzene rings is 2. The predicted molar refractivity (Wildman–Crippen MR) is 122 cm³/mol.